The molecule has 0 fully saturated rings. The lowest BCUT2D eigenvalue weighted by Crippen LogP contribution is -2.24. The molecule has 0 aliphatic rings. The molecule has 0 saturated heterocycles. The lowest BCUT2D eigenvalue weighted by Gasteiger charge is -2.14. The number of hydrogen-bond acceptors (Lipinski definition) is 6. The van der Waals surface area contributed by atoms with Gasteiger partial charge in [-0.25, -0.2) is 9.67 Å². The van der Waals surface area contributed by atoms with E-state index < -0.39 is 0 Å². The van der Waals surface area contributed by atoms with Crippen LogP contribution in [0.15, 0.2) is 53.3 Å². The zero-order valence-electron chi connectivity index (χ0n) is 18.9. The van der Waals surface area contributed by atoms with Crippen molar-refractivity contribution < 1.29 is 0 Å². The number of hydrogen-bond donors (Lipinski definition) is 0. The van der Waals surface area contributed by atoms with Crippen molar-refractivity contribution in [1.82, 2.24) is 28.6 Å². The fourth-order valence-electron chi connectivity index (χ4n) is 4.05. The van der Waals surface area contributed by atoms with Gasteiger partial charge in [0.2, 0.25) is 10.5 Å². The monoisotopic (exact) mass is 478 g/mol. The second-order valence-electron chi connectivity index (χ2n) is 8.80. The quantitative estimate of drug-likeness (QED) is 0.311. The highest BCUT2D eigenvalue weighted by molar-refractivity contribution is 7.71. The summed E-state index contributed by atoms with van der Waals surface area (Å²) in [6.07, 6.45) is 0.894. The van der Waals surface area contributed by atoms with Crippen molar-refractivity contribution in [3.63, 3.8) is 0 Å². The van der Waals surface area contributed by atoms with Gasteiger partial charge in [-0.3, -0.25) is 18.7 Å². The van der Waals surface area contributed by atoms with E-state index in [1.54, 1.807) is 20.6 Å². The molecule has 5 rings (SSSR count). The maximum atomic E-state index is 13.3. The molecule has 3 aromatic heterocycles. The highest BCUT2D eigenvalue weighted by Gasteiger charge is 2.17. The Morgan fingerprint density at radius 3 is 2.67 bits per heavy atom. The van der Waals surface area contributed by atoms with E-state index in [0.29, 0.717) is 41.6 Å². The molecule has 3 heterocycles. The topological polar surface area (TPSA) is 60.4 Å². The molecule has 9 heteroatoms. The number of nitrogens with zero attached hydrogens (tertiary/aromatic N) is 6. The molecule has 33 heavy (non-hydrogen) atoms. The Bertz CT molecular complexity index is 1540. The summed E-state index contributed by atoms with van der Waals surface area (Å²) < 4.78 is 7.26. The van der Waals surface area contributed by atoms with Crippen molar-refractivity contribution in [3.05, 3.63) is 68.7 Å². The van der Waals surface area contributed by atoms with E-state index in [0.717, 1.165) is 22.5 Å². The summed E-state index contributed by atoms with van der Waals surface area (Å²) >= 11 is 7.54. The third-order valence-electron chi connectivity index (χ3n) is 5.73. The van der Waals surface area contributed by atoms with Gasteiger partial charge < -0.3 is 0 Å². The summed E-state index contributed by atoms with van der Waals surface area (Å²) in [5.41, 5.74) is 1.80. The van der Waals surface area contributed by atoms with Crippen LogP contribution in [0.3, 0.4) is 0 Å². The second-order valence-corrected chi connectivity index (χ2v) is 10.3. The van der Waals surface area contributed by atoms with Gasteiger partial charge >= 0.3 is 0 Å². The van der Waals surface area contributed by atoms with Gasteiger partial charge in [-0.05, 0) is 55.9 Å². The maximum Gasteiger partial charge on any atom is 0.262 e. The lowest BCUT2D eigenvalue weighted by molar-refractivity contribution is 0.244. The molecule has 2 aromatic carbocycles. The SMILES string of the molecule is CC(C)CCn1c(=O)c2ccccc2n2c(=S)n(CN(C)Cc3nc4ccccc4s3)nc12. The number of aromatic nitrogens is 5. The van der Waals surface area contributed by atoms with E-state index in [4.69, 9.17) is 22.3 Å². The van der Waals surface area contributed by atoms with Crippen LogP contribution in [-0.2, 0) is 19.8 Å². The Kier molecular flexibility index (Phi) is 5.86. The molecule has 0 bridgehead atoms. The van der Waals surface area contributed by atoms with Gasteiger partial charge in [0, 0.05) is 6.54 Å². The summed E-state index contributed by atoms with van der Waals surface area (Å²) in [5, 5.41) is 6.51. The molecule has 0 N–H and O–H groups in total. The summed E-state index contributed by atoms with van der Waals surface area (Å²) in [6.45, 7) is 6.12. The van der Waals surface area contributed by atoms with Crippen LogP contribution in [0.4, 0.5) is 0 Å². The van der Waals surface area contributed by atoms with Crippen LogP contribution in [0, 0.1) is 10.7 Å². The Balaban J connectivity index is 1.53. The first kappa shape index (κ1) is 21.9. The summed E-state index contributed by atoms with van der Waals surface area (Å²) in [4.78, 5) is 20.1. The van der Waals surface area contributed by atoms with Crippen molar-refractivity contribution in [2.24, 2.45) is 5.92 Å². The second kappa shape index (κ2) is 8.81. The largest absolute Gasteiger partial charge is 0.281 e. The minimum atomic E-state index is -0.0197. The van der Waals surface area contributed by atoms with Gasteiger partial charge in [0.05, 0.1) is 34.3 Å². The van der Waals surface area contributed by atoms with Gasteiger partial charge in [-0.2, -0.15) is 0 Å². The Labute approximate surface area is 200 Å². The van der Waals surface area contributed by atoms with Crippen molar-refractivity contribution >= 4 is 50.5 Å². The van der Waals surface area contributed by atoms with E-state index in [-0.39, 0.29) is 5.56 Å². The third kappa shape index (κ3) is 4.12. The van der Waals surface area contributed by atoms with Gasteiger partial charge in [-0.1, -0.05) is 38.1 Å². The molecule has 0 amide bonds. The highest BCUT2D eigenvalue weighted by atomic mass is 32.1. The Morgan fingerprint density at radius 1 is 1.12 bits per heavy atom. The Hall–Kier alpha value is -2.88. The molecule has 0 spiro atoms. The van der Waals surface area contributed by atoms with Gasteiger partial charge in [-0.15, -0.1) is 16.4 Å². The summed E-state index contributed by atoms with van der Waals surface area (Å²) in [7, 11) is 2.03. The molecule has 0 atom stereocenters. The lowest BCUT2D eigenvalue weighted by atomic mass is 10.1. The molecule has 0 unspecified atom stereocenters. The zero-order chi connectivity index (χ0) is 23.1. The molecular weight excluding hydrogens is 452 g/mol. The van der Waals surface area contributed by atoms with Crippen LogP contribution in [-0.4, -0.2) is 35.7 Å². The molecule has 0 saturated carbocycles. The van der Waals surface area contributed by atoms with E-state index >= 15 is 0 Å². The van der Waals surface area contributed by atoms with Crippen molar-refractivity contribution in [1.29, 1.82) is 0 Å². The van der Waals surface area contributed by atoms with Crippen LogP contribution >= 0.6 is 23.6 Å². The minimum absolute atomic E-state index is 0.0197. The minimum Gasteiger partial charge on any atom is -0.281 e. The molecule has 5 aromatic rings. The number of para-hydroxylation sites is 2. The number of rotatable bonds is 7. The number of fused-ring (bicyclic) bond motifs is 4. The van der Waals surface area contributed by atoms with E-state index in [2.05, 4.69) is 24.8 Å². The molecule has 0 aliphatic carbocycles. The van der Waals surface area contributed by atoms with Gasteiger partial charge in [0.15, 0.2) is 0 Å². The van der Waals surface area contributed by atoms with Gasteiger partial charge in [0.1, 0.15) is 5.01 Å². The first-order chi connectivity index (χ1) is 15.9. The fourth-order valence-corrected chi connectivity index (χ4v) is 5.37. The molecular formula is C24H26N6OS2. The third-order valence-corrected chi connectivity index (χ3v) is 7.15. The van der Waals surface area contributed by atoms with Crippen molar-refractivity contribution in [3.8, 4) is 0 Å². The fraction of sp³-hybridized carbons (Fsp3) is 0.333. The average molecular weight is 479 g/mol. The van der Waals surface area contributed by atoms with Crippen molar-refractivity contribution in [2.75, 3.05) is 7.05 Å². The maximum absolute atomic E-state index is 13.3. The average Bonchev–Trinajstić information content (AvgIpc) is 3.34. The number of aryl methyl sites for hydroxylation is 1. The van der Waals surface area contributed by atoms with Crippen molar-refractivity contribution in [2.45, 2.75) is 40.0 Å². The predicted octanol–water partition coefficient (Wildman–Crippen LogP) is 4.93. The molecule has 0 radical (unpaired) electrons. The summed E-state index contributed by atoms with van der Waals surface area (Å²) in [5.74, 6) is 1.08. The normalized spacial score (nSPS) is 12.2. The van der Waals surface area contributed by atoms with Crippen LogP contribution in [0.25, 0.3) is 26.9 Å². The molecule has 0 aliphatic heterocycles. The predicted molar refractivity (Wildman–Crippen MR) is 136 cm³/mol. The van der Waals surface area contributed by atoms with Gasteiger partial charge in [0.25, 0.3) is 5.56 Å². The number of thiazole rings is 1. The first-order valence-corrected chi connectivity index (χ1v) is 12.3. The number of benzene rings is 2. The van der Waals surface area contributed by atoms with E-state index in [1.807, 2.05) is 53.9 Å². The standard InChI is InChI=1S/C24H26N6OS2/c1-16(2)12-13-28-22(31)17-8-4-6-10-19(17)30-23(28)26-29(24(30)32)15-27(3)14-21-25-18-9-5-7-11-20(18)33-21/h4-11,16H,12-15H2,1-3H3. The zero-order valence-corrected chi connectivity index (χ0v) is 20.6. The van der Waals surface area contributed by atoms with Crippen LogP contribution in [0.5, 0.6) is 0 Å². The van der Waals surface area contributed by atoms with Crippen LogP contribution in [0.2, 0.25) is 0 Å². The van der Waals surface area contributed by atoms with Crippen LogP contribution in [0.1, 0.15) is 25.3 Å². The summed E-state index contributed by atoms with van der Waals surface area (Å²) in [6, 6.07) is 15.8. The highest BCUT2D eigenvalue weighted by Crippen LogP contribution is 2.22. The molecule has 7 nitrogen and oxygen atoms in total. The van der Waals surface area contributed by atoms with Crippen LogP contribution < -0.4 is 5.56 Å². The molecule has 170 valence electrons. The first-order valence-electron chi connectivity index (χ1n) is 11.1. The van der Waals surface area contributed by atoms with E-state index in [1.165, 1.54) is 4.70 Å². The smallest absolute Gasteiger partial charge is 0.262 e. The van der Waals surface area contributed by atoms with E-state index in [9.17, 15) is 4.79 Å². The Morgan fingerprint density at radius 2 is 1.88 bits per heavy atom.